The van der Waals surface area contributed by atoms with Gasteiger partial charge in [0.05, 0.1) is 5.36 Å². The number of carbonyl (C=O) groups is 1. The summed E-state index contributed by atoms with van der Waals surface area (Å²) in [6.45, 7) is 0. The highest BCUT2D eigenvalue weighted by molar-refractivity contribution is 6.06. The summed E-state index contributed by atoms with van der Waals surface area (Å²) in [6.07, 6.45) is 1.54. The Balaban J connectivity index is 0.000000605. The van der Waals surface area contributed by atoms with Gasteiger partial charge in [0.15, 0.2) is 0 Å². The van der Waals surface area contributed by atoms with E-state index in [1.54, 1.807) is 0 Å². The lowest BCUT2D eigenvalue weighted by atomic mass is 10.3. The maximum atomic E-state index is 10.7. The van der Waals surface area contributed by atoms with Crippen LogP contribution < -0.4 is 10.6 Å². The van der Waals surface area contributed by atoms with Crippen molar-refractivity contribution in [3.63, 3.8) is 0 Å². The molecule has 1 aliphatic rings. The van der Waals surface area contributed by atoms with E-state index < -0.39 is 0 Å². The molecular formula is C8H7NO2. The molecule has 0 aromatic heterocycles. The van der Waals surface area contributed by atoms with Crippen molar-refractivity contribution in [2.45, 2.75) is 0 Å². The zero-order valence-corrected chi connectivity index (χ0v) is 5.74. The molecule has 3 nitrogen and oxygen atoms in total. The van der Waals surface area contributed by atoms with Crippen LogP contribution in [0.3, 0.4) is 0 Å². The average Bonchev–Trinajstić information content (AvgIpc) is 2.27. The van der Waals surface area contributed by atoms with Gasteiger partial charge >= 0.3 is 0 Å². The minimum atomic E-state index is -0.152. The summed E-state index contributed by atoms with van der Waals surface area (Å²) >= 11 is 0. The molecule has 1 aromatic rings. The molecule has 2 rings (SSSR count). The third-order valence-electron chi connectivity index (χ3n) is 1.45. The maximum Gasteiger partial charge on any atom is 0.270 e. The zero-order valence-electron chi connectivity index (χ0n) is 5.74. The number of amides is 1. The Hall–Kier alpha value is -1.48. The molecular weight excluding hydrogens is 142 g/mol. The van der Waals surface area contributed by atoms with E-state index in [1.807, 2.05) is 24.3 Å². The summed E-state index contributed by atoms with van der Waals surface area (Å²) in [6, 6.07) is 7.47. The predicted molar refractivity (Wildman–Crippen MR) is 40.3 cm³/mol. The van der Waals surface area contributed by atoms with Crippen molar-refractivity contribution in [1.29, 1.82) is 0 Å². The van der Waals surface area contributed by atoms with Crippen molar-refractivity contribution in [1.82, 2.24) is 0 Å². The molecule has 0 spiro atoms. The van der Waals surface area contributed by atoms with Gasteiger partial charge < -0.3 is 5.48 Å². The van der Waals surface area contributed by atoms with Crippen LogP contribution in [0.25, 0.3) is 6.08 Å². The largest absolute Gasteiger partial charge is 0.412 e. The van der Waals surface area contributed by atoms with Crippen LogP contribution >= 0.6 is 0 Å². The van der Waals surface area contributed by atoms with Crippen LogP contribution in [0.5, 0.6) is 0 Å². The van der Waals surface area contributed by atoms with Gasteiger partial charge in [0.2, 0.25) is 0 Å². The Bertz CT molecular complexity index is 358. The number of hydrogen-bond donors (Lipinski definition) is 0. The summed E-state index contributed by atoms with van der Waals surface area (Å²) in [4.78, 5) is 14.4. The Morgan fingerprint density at radius 2 is 1.91 bits per heavy atom. The van der Waals surface area contributed by atoms with E-state index in [-0.39, 0.29) is 11.4 Å². The van der Waals surface area contributed by atoms with Crippen LogP contribution in [0.2, 0.25) is 0 Å². The van der Waals surface area contributed by atoms with Crippen LogP contribution in [-0.2, 0) is 4.79 Å². The van der Waals surface area contributed by atoms with E-state index in [0.717, 1.165) is 10.6 Å². The molecule has 0 atom stereocenters. The van der Waals surface area contributed by atoms with Crippen LogP contribution in [0.15, 0.2) is 29.3 Å². The molecule has 0 fully saturated rings. The Kier molecular flexibility index (Phi) is 1.83. The normalized spacial score (nSPS) is 12.5. The third kappa shape index (κ3) is 1.18. The number of carbonyl (C=O) groups excluding carboxylic acids is 1. The topological polar surface area (TPSA) is 60.9 Å². The van der Waals surface area contributed by atoms with E-state index in [9.17, 15) is 4.79 Å². The number of para-hydroxylation sites is 1. The van der Waals surface area contributed by atoms with Gasteiger partial charge in [0.25, 0.3) is 5.91 Å². The SMILES string of the molecule is O.O=C1C=c2ccccc2=N1. The van der Waals surface area contributed by atoms with Gasteiger partial charge in [0, 0.05) is 11.3 Å². The van der Waals surface area contributed by atoms with Gasteiger partial charge in [-0.1, -0.05) is 18.2 Å². The van der Waals surface area contributed by atoms with E-state index in [0.29, 0.717) is 0 Å². The van der Waals surface area contributed by atoms with Gasteiger partial charge in [-0.3, -0.25) is 4.79 Å². The highest BCUT2D eigenvalue weighted by Crippen LogP contribution is 1.81. The summed E-state index contributed by atoms with van der Waals surface area (Å²) < 4.78 is 0. The molecule has 56 valence electrons. The molecule has 0 saturated heterocycles. The number of hydrogen-bond acceptors (Lipinski definition) is 1. The van der Waals surface area contributed by atoms with Crippen molar-refractivity contribution in [2.75, 3.05) is 0 Å². The molecule has 1 heterocycles. The fourth-order valence-corrected chi connectivity index (χ4v) is 0.995. The first-order valence-corrected chi connectivity index (χ1v) is 3.06. The first-order valence-electron chi connectivity index (χ1n) is 3.06. The number of nitrogens with zero attached hydrogens (tertiary/aromatic N) is 1. The summed E-state index contributed by atoms with van der Waals surface area (Å²) in [5, 5.41) is 1.71. The number of rotatable bonds is 0. The molecule has 0 aliphatic carbocycles. The minimum absolute atomic E-state index is 0. The number of benzene rings is 1. The minimum Gasteiger partial charge on any atom is -0.412 e. The molecule has 11 heavy (non-hydrogen) atoms. The van der Waals surface area contributed by atoms with Crippen molar-refractivity contribution in [2.24, 2.45) is 4.99 Å². The Morgan fingerprint density at radius 1 is 1.18 bits per heavy atom. The molecule has 0 unspecified atom stereocenters. The molecule has 1 aliphatic heterocycles. The molecule has 1 aromatic carbocycles. The Labute approximate surface area is 63.0 Å². The highest BCUT2D eigenvalue weighted by Gasteiger charge is 1.99. The van der Waals surface area contributed by atoms with Crippen molar-refractivity contribution < 1.29 is 10.3 Å². The van der Waals surface area contributed by atoms with E-state index in [1.165, 1.54) is 6.08 Å². The van der Waals surface area contributed by atoms with Crippen LogP contribution in [0.1, 0.15) is 0 Å². The quantitative estimate of drug-likeness (QED) is 0.457. The lowest BCUT2D eigenvalue weighted by Crippen LogP contribution is -2.19. The molecule has 0 radical (unpaired) electrons. The summed E-state index contributed by atoms with van der Waals surface area (Å²) in [5.41, 5.74) is 0. The lowest BCUT2D eigenvalue weighted by Gasteiger charge is -1.77. The second-order valence-corrected chi connectivity index (χ2v) is 2.15. The molecule has 2 N–H and O–H groups in total. The average molecular weight is 149 g/mol. The van der Waals surface area contributed by atoms with Crippen molar-refractivity contribution in [3.8, 4) is 0 Å². The fourth-order valence-electron chi connectivity index (χ4n) is 0.995. The molecule has 0 bridgehead atoms. The fraction of sp³-hybridized carbons (Fsp3) is 0. The summed E-state index contributed by atoms with van der Waals surface area (Å²) in [5.74, 6) is -0.152. The van der Waals surface area contributed by atoms with Crippen molar-refractivity contribution in [3.05, 3.63) is 34.8 Å². The second-order valence-electron chi connectivity index (χ2n) is 2.15. The van der Waals surface area contributed by atoms with E-state index >= 15 is 0 Å². The first-order chi connectivity index (χ1) is 4.86. The maximum absolute atomic E-state index is 10.7. The van der Waals surface area contributed by atoms with Gasteiger partial charge in [-0.05, 0) is 6.07 Å². The Morgan fingerprint density at radius 3 is 2.64 bits per heavy atom. The highest BCUT2D eigenvalue weighted by atomic mass is 16.1. The lowest BCUT2D eigenvalue weighted by molar-refractivity contribution is -0.112. The van der Waals surface area contributed by atoms with Gasteiger partial charge in [0.1, 0.15) is 0 Å². The van der Waals surface area contributed by atoms with Gasteiger partial charge in [-0.15, -0.1) is 0 Å². The zero-order chi connectivity index (χ0) is 6.97. The molecule has 1 amide bonds. The van der Waals surface area contributed by atoms with E-state index in [4.69, 9.17) is 0 Å². The standard InChI is InChI=1S/C8H5NO.H2O/c10-8-5-6-3-1-2-4-7(6)9-8;/h1-5H;1H2. The molecule has 3 heteroatoms. The third-order valence-corrected chi connectivity index (χ3v) is 1.45. The smallest absolute Gasteiger partial charge is 0.270 e. The van der Waals surface area contributed by atoms with Crippen molar-refractivity contribution >= 4 is 12.0 Å². The van der Waals surface area contributed by atoms with Crippen LogP contribution in [0, 0.1) is 0 Å². The monoisotopic (exact) mass is 149 g/mol. The predicted octanol–water partition coefficient (Wildman–Crippen LogP) is -1.20. The van der Waals surface area contributed by atoms with Crippen LogP contribution in [0.4, 0.5) is 0 Å². The number of fused-ring (bicyclic) bond motifs is 1. The van der Waals surface area contributed by atoms with E-state index in [2.05, 4.69) is 4.99 Å². The van der Waals surface area contributed by atoms with Gasteiger partial charge in [-0.25, -0.2) is 4.99 Å². The van der Waals surface area contributed by atoms with Gasteiger partial charge in [-0.2, -0.15) is 0 Å². The first kappa shape index (κ1) is 7.63. The van der Waals surface area contributed by atoms with Crippen LogP contribution in [-0.4, -0.2) is 11.4 Å². The second kappa shape index (κ2) is 2.64. The molecule has 0 saturated carbocycles. The summed E-state index contributed by atoms with van der Waals surface area (Å²) in [7, 11) is 0.